The molecule has 1 aromatic heterocycles. The summed E-state index contributed by atoms with van der Waals surface area (Å²) in [6.07, 6.45) is 7.34. The first kappa shape index (κ1) is 13.8. The Morgan fingerprint density at radius 3 is 2.78 bits per heavy atom. The van der Waals surface area contributed by atoms with Crippen LogP contribution in [-0.4, -0.2) is 22.7 Å². The monoisotopic (exact) mass is 268 g/mol. The van der Waals surface area contributed by atoms with Gasteiger partial charge in [0.25, 0.3) is 0 Å². The standard InChI is InChI=1S/C14H24N2OS/c1-3-11-8-6-5-7-9-16(11)14-15-12(4-2)13(10-17)18-14/h11,17H,3-10H2,1-2H3. The Morgan fingerprint density at radius 2 is 2.17 bits per heavy atom. The average Bonchev–Trinajstić information content (AvgIpc) is 2.67. The van der Waals surface area contributed by atoms with Crippen molar-refractivity contribution in [2.24, 2.45) is 0 Å². The quantitative estimate of drug-likeness (QED) is 0.909. The molecule has 0 spiro atoms. The van der Waals surface area contributed by atoms with Crippen molar-refractivity contribution in [1.29, 1.82) is 0 Å². The van der Waals surface area contributed by atoms with Crippen molar-refractivity contribution < 1.29 is 5.11 Å². The molecule has 3 nitrogen and oxygen atoms in total. The Balaban J connectivity index is 2.24. The first-order chi connectivity index (χ1) is 8.80. The molecule has 4 heteroatoms. The highest BCUT2D eigenvalue weighted by molar-refractivity contribution is 7.15. The number of nitrogens with zero attached hydrogens (tertiary/aromatic N) is 2. The summed E-state index contributed by atoms with van der Waals surface area (Å²) in [7, 11) is 0. The summed E-state index contributed by atoms with van der Waals surface area (Å²) in [5.41, 5.74) is 1.08. The fourth-order valence-electron chi connectivity index (χ4n) is 2.75. The molecule has 102 valence electrons. The van der Waals surface area contributed by atoms with Gasteiger partial charge in [-0.05, 0) is 25.7 Å². The lowest BCUT2D eigenvalue weighted by Crippen LogP contribution is -2.34. The van der Waals surface area contributed by atoms with E-state index in [1.54, 1.807) is 11.3 Å². The highest BCUT2D eigenvalue weighted by atomic mass is 32.1. The lowest BCUT2D eigenvalue weighted by atomic mass is 10.1. The molecule has 2 rings (SSSR count). The van der Waals surface area contributed by atoms with Crippen LogP contribution in [0.3, 0.4) is 0 Å². The first-order valence-electron chi connectivity index (χ1n) is 7.16. The van der Waals surface area contributed by atoms with Crippen LogP contribution in [0.4, 0.5) is 5.13 Å². The lowest BCUT2D eigenvalue weighted by Gasteiger charge is -2.28. The van der Waals surface area contributed by atoms with E-state index >= 15 is 0 Å². The van der Waals surface area contributed by atoms with Gasteiger partial charge in [0, 0.05) is 12.6 Å². The van der Waals surface area contributed by atoms with Crippen LogP contribution in [0.2, 0.25) is 0 Å². The molecule has 0 radical (unpaired) electrons. The van der Waals surface area contributed by atoms with Gasteiger partial charge < -0.3 is 10.0 Å². The van der Waals surface area contributed by atoms with E-state index in [4.69, 9.17) is 4.98 Å². The smallest absolute Gasteiger partial charge is 0.186 e. The zero-order valence-corrected chi connectivity index (χ0v) is 12.3. The molecule has 0 aliphatic carbocycles. The molecule has 1 unspecified atom stereocenters. The maximum absolute atomic E-state index is 9.39. The summed E-state index contributed by atoms with van der Waals surface area (Å²) in [6.45, 7) is 5.63. The van der Waals surface area contributed by atoms with Gasteiger partial charge in [-0.2, -0.15) is 0 Å². The number of aromatic nitrogens is 1. The molecule has 0 aromatic carbocycles. The number of aliphatic hydroxyl groups is 1. The van der Waals surface area contributed by atoms with E-state index in [-0.39, 0.29) is 6.61 Å². The van der Waals surface area contributed by atoms with Gasteiger partial charge in [0.2, 0.25) is 0 Å². The number of anilines is 1. The number of rotatable bonds is 4. The molecule has 0 amide bonds. The zero-order valence-electron chi connectivity index (χ0n) is 11.5. The van der Waals surface area contributed by atoms with Gasteiger partial charge in [-0.1, -0.05) is 38.0 Å². The summed E-state index contributed by atoms with van der Waals surface area (Å²) in [5.74, 6) is 0. The highest BCUT2D eigenvalue weighted by Gasteiger charge is 2.23. The number of aryl methyl sites for hydroxylation is 1. The van der Waals surface area contributed by atoms with Crippen LogP contribution >= 0.6 is 11.3 Å². The van der Waals surface area contributed by atoms with E-state index in [2.05, 4.69) is 18.7 Å². The summed E-state index contributed by atoms with van der Waals surface area (Å²) < 4.78 is 0. The van der Waals surface area contributed by atoms with E-state index in [0.717, 1.165) is 28.7 Å². The van der Waals surface area contributed by atoms with Gasteiger partial charge in [0.1, 0.15) is 0 Å². The molecule has 0 bridgehead atoms. The number of thiazole rings is 1. The van der Waals surface area contributed by atoms with Crippen molar-refractivity contribution in [2.45, 2.75) is 65.0 Å². The molecule has 1 aromatic rings. The van der Waals surface area contributed by atoms with E-state index in [1.807, 2.05) is 0 Å². The molecule has 2 heterocycles. The molecule has 1 fully saturated rings. The molecular weight excluding hydrogens is 244 g/mol. The molecular formula is C14H24N2OS. The normalized spacial score (nSPS) is 21.1. The molecule has 1 atom stereocenters. The minimum atomic E-state index is 0.130. The molecule has 1 N–H and O–H groups in total. The van der Waals surface area contributed by atoms with Crippen molar-refractivity contribution in [1.82, 2.24) is 4.98 Å². The lowest BCUT2D eigenvalue weighted by molar-refractivity contribution is 0.284. The third-order valence-corrected chi connectivity index (χ3v) is 4.96. The van der Waals surface area contributed by atoms with Crippen molar-refractivity contribution in [3.8, 4) is 0 Å². The second-order valence-corrected chi connectivity index (χ2v) is 6.04. The van der Waals surface area contributed by atoms with Crippen molar-refractivity contribution in [3.05, 3.63) is 10.6 Å². The summed E-state index contributed by atoms with van der Waals surface area (Å²) in [5, 5.41) is 10.5. The fourth-order valence-corrected chi connectivity index (χ4v) is 3.85. The van der Waals surface area contributed by atoms with E-state index < -0.39 is 0 Å². The highest BCUT2D eigenvalue weighted by Crippen LogP contribution is 2.31. The SMILES string of the molecule is CCc1nc(N2CCCCCC2CC)sc1CO. The number of hydrogen-bond donors (Lipinski definition) is 1. The van der Waals surface area contributed by atoms with Crippen molar-refractivity contribution >= 4 is 16.5 Å². The molecule has 18 heavy (non-hydrogen) atoms. The second kappa shape index (κ2) is 6.53. The van der Waals surface area contributed by atoms with Crippen LogP contribution in [0, 0.1) is 0 Å². The van der Waals surface area contributed by atoms with Crippen molar-refractivity contribution in [2.75, 3.05) is 11.4 Å². The maximum atomic E-state index is 9.39. The summed E-state index contributed by atoms with van der Waals surface area (Å²) in [6, 6.07) is 0.634. The van der Waals surface area contributed by atoms with Crippen molar-refractivity contribution in [3.63, 3.8) is 0 Å². The maximum Gasteiger partial charge on any atom is 0.186 e. The average molecular weight is 268 g/mol. The Bertz CT molecular complexity index is 356. The topological polar surface area (TPSA) is 36.4 Å². The van der Waals surface area contributed by atoms with E-state index in [9.17, 15) is 5.11 Å². The van der Waals surface area contributed by atoms with Gasteiger partial charge in [-0.25, -0.2) is 4.98 Å². The molecule has 1 aliphatic rings. The number of hydrogen-bond acceptors (Lipinski definition) is 4. The van der Waals surface area contributed by atoms with Crippen LogP contribution in [0.25, 0.3) is 0 Å². The molecule has 1 aliphatic heterocycles. The predicted octanol–water partition coefficient (Wildman–Crippen LogP) is 3.36. The van der Waals surface area contributed by atoms with Gasteiger partial charge in [-0.3, -0.25) is 0 Å². The van der Waals surface area contributed by atoms with Crippen LogP contribution in [0.5, 0.6) is 0 Å². The minimum Gasteiger partial charge on any atom is -0.391 e. The fraction of sp³-hybridized carbons (Fsp3) is 0.786. The predicted molar refractivity (Wildman–Crippen MR) is 77.3 cm³/mol. The molecule has 1 saturated heterocycles. The van der Waals surface area contributed by atoms with Gasteiger partial charge in [0.15, 0.2) is 5.13 Å². The molecule has 0 saturated carbocycles. The largest absolute Gasteiger partial charge is 0.391 e. The Kier molecular flexibility index (Phi) is 5.01. The van der Waals surface area contributed by atoms with Crippen LogP contribution in [-0.2, 0) is 13.0 Å². The third kappa shape index (κ3) is 2.86. The van der Waals surface area contributed by atoms with E-state index in [1.165, 1.54) is 32.1 Å². The second-order valence-electron chi connectivity index (χ2n) is 4.98. The van der Waals surface area contributed by atoms with Gasteiger partial charge >= 0.3 is 0 Å². The van der Waals surface area contributed by atoms with E-state index in [0.29, 0.717) is 6.04 Å². The Hall–Kier alpha value is -0.610. The summed E-state index contributed by atoms with van der Waals surface area (Å²) in [4.78, 5) is 8.28. The summed E-state index contributed by atoms with van der Waals surface area (Å²) >= 11 is 1.68. The Morgan fingerprint density at radius 1 is 1.33 bits per heavy atom. The Labute approximate surface area is 114 Å². The van der Waals surface area contributed by atoms with Gasteiger partial charge in [0.05, 0.1) is 17.2 Å². The third-order valence-electron chi connectivity index (χ3n) is 3.84. The van der Waals surface area contributed by atoms with Crippen LogP contribution in [0.1, 0.15) is 56.5 Å². The first-order valence-corrected chi connectivity index (χ1v) is 7.97. The van der Waals surface area contributed by atoms with Crippen LogP contribution in [0.15, 0.2) is 0 Å². The van der Waals surface area contributed by atoms with Crippen LogP contribution < -0.4 is 4.90 Å². The zero-order chi connectivity index (χ0) is 13.0. The number of aliphatic hydroxyl groups excluding tert-OH is 1. The van der Waals surface area contributed by atoms with Gasteiger partial charge in [-0.15, -0.1) is 0 Å². The minimum absolute atomic E-state index is 0.130.